The number of hydrogen-bond acceptors (Lipinski definition) is 3. The van der Waals surface area contributed by atoms with Crippen molar-refractivity contribution in [3.63, 3.8) is 0 Å². The van der Waals surface area contributed by atoms with Gasteiger partial charge in [-0.3, -0.25) is 9.48 Å². The van der Waals surface area contributed by atoms with Crippen molar-refractivity contribution in [2.75, 3.05) is 5.32 Å². The molecule has 1 aromatic heterocycles. The molecule has 5 nitrogen and oxygen atoms in total. The van der Waals surface area contributed by atoms with Crippen LogP contribution in [0.1, 0.15) is 13.3 Å². The molecule has 0 spiro atoms. The smallest absolute Gasteiger partial charge is 0.229 e. The van der Waals surface area contributed by atoms with Crippen molar-refractivity contribution >= 4 is 11.6 Å². The highest BCUT2D eigenvalue weighted by molar-refractivity contribution is 5.94. The van der Waals surface area contributed by atoms with Crippen molar-refractivity contribution in [1.82, 2.24) is 9.78 Å². The Bertz CT molecular complexity index is 346. The van der Waals surface area contributed by atoms with Gasteiger partial charge in [0, 0.05) is 18.8 Å². The van der Waals surface area contributed by atoms with Gasteiger partial charge in [-0.05, 0) is 13.3 Å². The van der Waals surface area contributed by atoms with E-state index < -0.39 is 0 Å². The van der Waals surface area contributed by atoms with Gasteiger partial charge in [0.25, 0.3) is 0 Å². The van der Waals surface area contributed by atoms with E-state index in [1.54, 1.807) is 10.9 Å². The van der Waals surface area contributed by atoms with Crippen LogP contribution in [0.2, 0.25) is 0 Å². The second kappa shape index (κ2) is 3.42. The lowest BCUT2D eigenvalue weighted by atomic mass is 10.3. The molecule has 2 unspecified atom stereocenters. The predicted octanol–water partition coefficient (Wildman–Crippen LogP) is 0.189. The van der Waals surface area contributed by atoms with E-state index >= 15 is 0 Å². The largest absolute Gasteiger partial charge is 0.327 e. The molecule has 0 bridgehead atoms. The summed E-state index contributed by atoms with van der Waals surface area (Å²) in [6, 6.07) is 0.0521. The second-order valence-electron chi connectivity index (χ2n) is 3.58. The summed E-state index contributed by atoms with van der Waals surface area (Å²) >= 11 is 0. The Labute approximate surface area is 82.3 Å². The summed E-state index contributed by atoms with van der Waals surface area (Å²) in [6.07, 6.45) is 4.26. The number of rotatable bonds is 3. The molecule has 5 heteroatoms. The van der Waals surface area contributed by atoms with E-state index in [0.29, 0.717) is 0 Å². The summed E-state index contributed by atoms with van der Waals surface area (Å²) < 4.78 is 1.77. The van der Waals surface area contributed by atoms with Gasteiger partial charge in [-0.15, -0.1) is 0 Å². The highest BCUT2D eigenvalue weighted by atomic mass is 16.2. The van der Waals surface area contributed by atoms with Crippen molar-refractivity contribution in [2.24, 2.45) is 11.7 Å². The quantitative estimate of drug-likeness (QED) is 0.721. The molecule has 0 saturated heterocycles. The highest BCUT2D eigenvalue weighted by Gasteiger charge is 2.40. The second-order valence-corrected chi connectivity index (χ2v) is 3.58. The zero-order valence-corrected chi connectivity index (χ0v) is 8.10. The van der Waals surface area contributed by atoms with Crippen molar-refractivity contribution < 1.29 is 4.79 Å². The fourth-order valence-electron chi connectivity index (χ4n) is 1.35. The molecule has 14 heavy (non-hydrogen) atoms. The lowest BCUT2D eigenvalue weighted by molar-refractivity contribution is -0.117. The average Bonchev–Trinajstić information content (AvgIpc) is 2.74. The van der Waals surface area contributed by atoms with Crippen molar-refractivity contribution in [3.05, 3.63) is 12.4 Å². The molecule has 3 N–H and O–H groups in total. The highest BCUT2D eigenvalue weighted by Crippen LogP contribution is 2.28. The fraction of sp³-hybridized carbons (Fsp3) is 0.556. The fourth-order valence-corrected chi connectivity index (χ4v) is 1.35. The molecule has 2 rings (SSSR count). The van der Waals surface area contributed by atoms with Crippen molar-refractivity contribution in [1.29, 1.82) is 0 Å². The minimum absolute atomic E-state index is 0.0000217. The topological polar surface area (TPSA) is 72.9 Å². The number of amides is 1. The van der Waals surface area contributed by atoms with Crippen LogP contribution >= 0.6 is 0 Å². The summed E-state index contributed by atoms with van der Waals surface area (Å²) in [5.41, 5.74) is 6.32. The van der Waals surface area contributed by atoms with Gasteiger partial charge in [0.2, 0.25) is 5.91 Å². The Kier molecular flexibility index (Phi) is 2.25. The Morgan fingerprint density at radius 2 is 2.57 bits per heavy atom. The summed E-state index contributed by atoms with van der Waals surface area (Å²) in [5.74, 6) is 0.00753. The summed E-state index contributed by atoms with van der Waals surface area (Å²) in [4.78, 5) is 11.5. The van der Waals surface area contributed by atoms with Gasteiger partial charge in [-0.25, -0.2) is 0 Å². The summed E-state index contributed by atoms with van der Waals surface area (Å²) in [6.45, 7) is 2.80. The van der Waals surface area contributed by atoms with Gasteiger partial charge < -0.3 is 11.1 Å². The van der Waals surface area contributed by atoms with Crippen LogP contribution in [-0.2, 0) is 11.3 Å². The van der Waals surface area contributed by atoms with Gasteiger partial charge in [0.15, 0.2) is 0 Å². The first kappa shape index (κ1) is 9.21. The van der Waals surface area contributed by atoms with Crippen LogP contribution in [0.25, 0.3) is 0 Å². The number of aryl methyl sites for hydroxylation is 1. The number of aromatic nitrogens is 2. The molecule has 1 aromatic rings. The van der Waals surface area contributed by atoms with Crippen LogP contribution in [0, 0.1) is 5.92 Å². The zero-order chi connectivity index (χ0) is 10.1. The lowest BCUT2D eigenvalue weighted by Gasteiger charge is -1.99. The molecular formula is C9H14N4O. The Morgan fingerprint density at radius 3 is 3.07 bits per heavy atom. The zero-order valence-electron chi connectivity index (χ0n) is 8.10. The van der Waals surface area contributed by atoms with Crippen LogP contribution in [0.5, 0.6) is 0 Å². The van der Waals surface area contributed by atoms with E-state index in [4.69, 9.17) is 5.73 Å². The molecule has 1 aliphatic rings. The first-order valence-corrected chi connectivity index (χ1v) is 4.79. The van der Waals surface area contributed by atoms with Crippen LogP contribution in [0.3, 0.4) is 0 Å². The lowest BCUT2D eigenvalue weighted by Crippen LogP contribution is -2.18. The molecule has 0 radical (unpaired) electrons. The van der Waals surface area contributed by atoms with Gasteiger partial charge in [0.1, 0.15) is 0 Å². The maximum absolute atomic E-state index is 11.5. The number of anilines is 1. The van der Waals surface area contributed by atoms with Crippen LogP contribution in [0.4, 0.5) is 5.69 Å². The minimum Gasteiger partial charge on any atom is -0.327 e. The van der Waals surface area contributed by atoms with E-state index in [0.717, 1.165) is 18.7 Å². The maximum atomic E-state index is 11.5. The summed E-state index contributed by atoms with van der Waals surface area (Å²) in [7, 11) is 0. The number of nitrogens with two attached hydrogens (primary N) is 1. The first-order chi connectivity index (χ1) is 6.70. The molecule has 76 valence electrons. The predicted molar refractivity (Wildman–Crippen MR) is 52.6 cm³/mol. The normalized spacial score (nSPS) is 24.7. The average molecular weight is 194 g/mol. The molecule has 0 aromatic carbocycles. The first-order valence-electron chi connectivity index (χ1n) is 4.79. The molecule has 1 heterocycles. The number of nitrogens with zero attached hydrogens (tertiary/aromatic N) is 2. The van der Waals surface area contributed by atoms with E-state index in [2.05, 4.69) is 10.4 Å². The summed E-state index contributed by atoms with van der Waals surface area (Å²) in [5, 5.41) is 6.84. The number of nitrogens with one attached hydrogen (secondary N) is 1. The standard InChI is InChI=1S/C9H14N4O/c1-2-13-5-6(4-11-13)12-9(14)7-3-8(7)10/h4-5,7-8H,2-3,10H2,1H3,(H,12,14). The SMILES string of the molecule is CCn1cc(NC(=O)C2CC2N)cn1. The molecule has 1 aliphatic carbocycles. The van der Waals surface area contributed by atoms with Crippen molar-refractivity contribution in [3.8, 4) is 0 Å². The monoisotopic (exact) mass is 194 g/mol. The van der Waals surface area contributed by atoms with E-state index in [1.165, 1.54) is 0 Å². The number of carbonyl (C=O) groups is 1. The minimum atomic E-state index is -0.0000217. The molecule has 0 aliphatic heterocycles. The molecular weight excluding hydrogens is 180 g/mol. The van der Waals surface area contributed by atoms with Gasteiger partial charge >= 0.3 is 0 Å². The Morgan fingerprint density at radius 1 is 1.86 bits per heavy atom. The third-order valence-corrected chi connectivity index (χ3v) is 2.40. The molecule has 2 atom stereocenters. The van der Waals surface area contributed by atoms with E-state index in [9.17, 15) is 4.79 Å². The third kappa shape index (κ3) is 1.77. The number of hydrogen-bond donors (Lipinski definition) is 2. The van der Waals surface area contributed by atoms with Gasteiger partial charge in [0.05, 0.1) is 17.8 Å². The number of carbonyl (C=O) groups excluding carboxylic acids is 1. The molecule has 1 amide bonds. The van der Waals surface area contributed by atoms with Crippen LogP contribution in [-0.4, -0.2) is 21.7 Å². The van der Waals surface area contributed by atoms with Crippen LogP contribution < -0.4 is 11.1 Å². The van der Waals surface area contributed by atoms with Gasteiger partial charge in [-0.2, -0.15) is 5.10 Å². The molecule has 1 saturated carbocycles. The maximum Gasteiger partial charge on any atom is 0.229 e. The van der Waals surface area contributed by atoms with Crippen LogP contribution in [0.15, 0.2) is 12.4 Å². The Hall–Kier alpha value is -1.36. The van der Waals surface area contributed by atoms with Crippen molar-refractivity contribution in [2.45, 2.75) is 25.9 Å². The van der Waals surface area contributed by atoms with Gasteiger partial charge in [-0.1, -0.05) is 0 Å². The van der Waals surface area contributed by atoms with E-state index in [-0.39, 0.29) is 17.9 Å². The third-order valence-electron chi connectivity index (χ3n) is 2.40. The Balaban J connectivity index is 1.93. The molecule has 1 fully saturated rings. The van der Waals surface area contributed by atoms with E-state index in [1.807, 2.05) is 13.1 Å².